The first-order chi connectivity index (χ1) is 16.1. The molecule has 0 saturated carbocycles. The first kappa shape index (κ1) is 22.6. The van der Waals surface area contributed by atoms with Gasteiger partial charge in [-0.15, -0.1) is 0 Å². The van der Waals surface area contributed by atoms with Crippen molar-refractivity contribution in [3.8, 4) is 0 Å². The summed E-state index contributed by atoms with van der Waals surface area (Å²) >= 11 is 0. The highest BCUT2D eigenvalue weighted by atomic mass is 15.3. The minimum Gasteiger partial charge on any atom is -0.385 e. The van der Waals surface area contributed by atoms with E-state index < -0.39 is 0 Å². The summed E-state index contributed by atoms with van der Waals surface area (Å²) in [4.78, 5) is 8.19. The minimum absolute atomic E-state index is 0.851. The maximum Gasteiger partial charge on any atom is 0.0629 e. The zero-order valence-electron chi connectivity index (χ0n) is 19.8. The van der Waals surface area contributed by atoms with Crippen molar-refractivity contribution in [3.63, 3.8) is 0 Å². The topological polar surface area (TPSA) is 46.3 Å². The van der Waals surface area contributed by atoms with Crippen molar-refractivity contribution in [2.45, 2.75) is 20.3 Å². The summed E-state index contributed by atoms with van der Waals surface area (Å²) in [5, 5.41) is 6.98. The second kappa shape index (κ2) is 10.3. The van der Waals surface area contributed by atoms with Gasteiger partial charge in [-0.05, 0) is 54.8 Å². The Labute approximate surface area is 197 Å². The van der Waals surface area contributed by atoms with Crippen molar-refractivity contribution >= 4 is 28.5 Å². The van der Waals surface area contributed by atoms with Crippen molar-refractivity contribution in [1.29, 1.82) is 0 Å². The van der Waals surface area contributed by atoms with E-state index in [1.54, 1.807) is 0 Å². The molecule has 33 heavy (non-hydrogen) atoms. The lowest BCUT2D eigenvalue weighted by Gasteiger charge is -2.39. The Morgan fingerprint density at radius 3 is 2.30 bits per heavy atom. The molecule has 1 aliphatic heterocycles. The first-order valence-corrected chi connectivity index (χ1v) is 11.8. The third-order valence-electron chi connectivity index (χ3n) is 6.22. The molecule has 5 heteroatoms. The molecular weight excluding hydrogens is 406 g/mol. The Morgan fingerprint density at radius 1 is 0.909 bits per heavy atom. The molecule has 2 heterocycles. The quantitative estimate of drug-likeness (QED) is 0.398. The van der Waals surface area contributed by atoms with E-state index in [9.17, 15) is 0 Å². The molecule has 5 nitrogen and oxygen atoms in total. The van der Waals surface area contributed by atoms with Gasteiger partial charge < -0.3 is 25.4 Å². The summed E-state index contributed by atoms with van der Waals surface area (Å²) in [6.07, 6.45) is 2.98. The van der Waals surface area contributed by atoms with Crippen LogP contribution < -0.4 is 20.4 Å². The van der Waals surface area contributed by atoms with Crippen LogP contribution in [0.2, 0.25) is 0 Å². The van der Waals surface area contributed by atoms with E-state index in [2.05, 4.69) is 94.9 Å². The maximum atomic E-state index is 4.26. The number of hydrogen-bond donors (Lipinski definition) is 3. The van der Waals surface area contributed by atoms with Crippen LogP contribution in [0.15, 0.2) is 74.0 Å². The van der Waals surface area contributed by atoms with E-state index in [0.717, 1.165) is 67.5 Å². The molecule has 1 fully saturated rings. The van der Waals surface area contributed by atoms with Crippen LogP contribution in [0.1, 0.15) is 30.2 Å². The van der Waals surface area contributed by atoms with Gasteiger partial charge in [0.05, 0.1) is 22.8 Å². The number of nitrogens with zero attached hydrogens (tertiary/aromatic N) is 2. The largest absolute Gasteiger partial charge is 0.385 e. The normalized spacial score (nSPS) is 13.6. The van der Waals surface area contributed by atoms with Gasteiger partial charge in [-0.3, -0.25) is 0 Å². The highest BCUT2D eigenvalue weighted by molar-refractivity contribution is 5.84. The molecule has 0 amide bonds. The average molecular weight is 442 g/mol. The molecule has 172 valence electrons. The van der Waals surface area contributed by atoms with Crippen LogP contribution in [-0.4, -0.2) is 37.7 Å². The van der Waals surface area contributed by atoms with Crippen LogP contribution in [0.3, 0.4) is 0 Å². The fourth-order valence-corrected chi connectivity index (χ4v) is 4.33. The fourth-order valence-electron chi connectivity index (χ4n) is 4.33. The van der Waals surface area contributed by atoms with Gasteiger partial charge in [0.25, 0.3) is 0 Å². The summed E-state index contributed by atoms with van der Waals surface area (Å²) in [6.45, 7) is 17.7. The molecule has 3 N–H and O–H groups in total. The third kappa shape index (κ3) is 5.25. The molecular formula is C28H35N5. The molecule has 4 rings (SSSR count). The van der Waals surface area contributed by atoms with E-state index in [4.69, 9.17) is 0 Å². The van der Waals surface area contributed by atoms with Gasteiger partial charge in [-0.1, -0.05) is 44.3 Å². The Morgan fingerprint density at radius 2 is 1.64 bits per heavy atom. The third-order valence-corrected chi connectivity index (χ3v) is 6.22. The predicted octanol–water partition coefficient (Wildman–Crippen LogP) is 5.70. The van der Waals surface area contributed by atoms with Gasteiger partial charge in [0.1, 0.15) is 0 Å². The second-order valence-corrected chi connectivity index (χ2v) is 8.59. The monoisotopic (exact) mass is 441 g/mol. The number of hydrogen-bond acceptors (Lipinski definition) is 4. The number of para-hydroxylation sites is 1. The average Bonchev–Trinajstić information content (AvgIpc) is 3.38. The van der Waals surface area contributed by atoms with Crippen LogP contribution >= 0.6 is 0 Å². The van der Waals surface area contributed by atoms with Crippen LogP contribution in [0.4, 0.5) is 17.1 Å². The molecule has 2 aromatic carbocycles. The molecule has 3 aromatic rings. The van der Waals surface area contributed by atoms with Crippen molar-refractivity contribution in [1.82, 2.24) is 10.3 Å². The molecule has 0 radical (unpaired) electrons. The lowest BCUT2D eigenvalue weighted by molar-refractivity contribution is 0.653. The number of H-pyrrole nitrogens is 1. The Kier molecular flexibility index (Phi) is 7.08. The van der Waals surface area contributed by atoms with E-state index in [1.165, 1.54) is 16.9 Å². The van der Waals surface area contributed by atoms with Crippen LogP contribution in [0.25, 0.3) is 11.4 Å². The highest BCUT2D eigenvalue weighted by Gasteiger charge is 2.21. The number of aryl methyl sites for hydroxylation is 1. The van der Waals surface area contributed by atoms with Crippen molar-refractivity contribution in [2.24, 2.45) is 0 Å². The summed E-state index contributed by atoms with van der Waals surface area (Å²) in [7, 11) is 0. The summed E-state index contributed by atoms with van der Waals surface area (Å²) < 4.78 is 0. The van der Waals surface area contributed by atoms with Crippen molar-refractivity contribution in [2.75, 3.05) is 47.8 Å². The standard InChI is InChI=1S/C28H35N5/c1-5-14-29-22(3)24-12-13-28(26(20-24)31-23(4)25-10-8-15-30-25)33-18-16-32(17-19-33)27-11-7-6-9-21(27)2/h6-13,15,20,29-31H,3-5,14,16-19H2,1-2H3. The number of nitrogens with one attached hydrogen (secondary N) is 3. The fraction of sp³-hybridized carbons (Fsp3) is 0.286. The number of rotatable bonds is 9. The molecule has 0 unspecified atom stereocenters. The molecule has 1 saturated heterocycles. The highest BCUT2D eigenvalue weighted by Crippen LogP contribution is 2.33. The van der Waals surface area contributed by atoms with E-state index in [-0.39, 0.29) is 0 Å². The smallest absolute Gasteiger partial charge is 0.0629 e. The molecule has 0 aliphatic carbocycles. The second-order valence-electron chi connectivity index (χ2n) is 8.59. The lowest BCUT2D eigenvalue weighted by atomic mass is 10.1. The zero-order valence-corrected chi connectivity index (χ0v) is 19.8. The van der Waals surface area contributed by atoms with Gasteiger partial charge in [0, 0.05) is 50.3 Å². The van der Waals surface area contributed by atoms with E-state index in [0.29, 0.717) is 0 Å². The van der Waals surface area contributed by atoms with Gasteiger partial charge in [0.2, 0.25) is 0 Å². The van der Waals surface area contributed by atoms with Crippen LogP contribution in [0, 0.1) is 6.92 Å². The van der Waals surface area contributed by atoms with Gasteiger partial charge in [-0.25, -0.2) is 0 Å². The van der Waals surface area contributed by atoms with Gasteiger partial charge >= 0.3 is 0 Å². The molecule has 0 bridgehead atoms. The molecule has 0 atom stereocenters. The van der Waals surface area contributed by atoms with Crippen LogP contribution in [0.5, 0.6) is 0 Å². The predicted molar refractivity (Wildman–Crippen MR) is 143 cm³/mol. The maximum absolute atomic E-state index is 4.26. The van der Waals surface area contributed by atoms with Crippen LogP contribution in [-0.2, 0) is 0 Å². The number of anilines is 3. The summed E-state index contributed by atoms with van der Waals surface area (Å²) in [5.74, 6) is 0. The Hall–Kier alpha value is -3.60. The van der Waals surface area contributed by atoms with Crippen molar-refractivity contribution < 1.29 is 0 Å². The van der Waals surface area contributed by atoms with Gasteiger partial charge in [0.15, 0.2) is 0 Å². The molecule has 1 aromatic heterocycles. The first-order valence-electron chi connectivity index (χ1n) is 11.8. The lowest BCUT2D eigenvalue weighted by Crippen LogP contribution is -2.47. The number of benzene rings is 2. The summed E-state index contributed by atoms with van der Waals surface area (Å²) in [6, 6.07) is 19.2. The number of aromatic nitrogens is 1. The molecule has 1 aliphatic rings. The minimum atomic E-state index is 0.851. The SMILES string of the molecule is C=C(NCCC)c1ccc(N2CCN(c3ccccc3C)CC2)c(NC(=C)c2ccc[nH]2)c1. The zero-order chi connectivity index (χ0) is 23.2. The summed E-state index contributed by atoms with van der Waals surface area (Å²) in [5.41, 5.74) is 8.79. The van der Waals surface area contributed by atoms with E-state index >= 15 is 0 Å². The van der Waals surface area contributed by atoms with Crippen molar-refractivity contribution in [3.05, 3.63) is 90.8 Å². The van der Waals surface area contributed by atoms with Gasteiger partial charge in [-0.2, -0.15) is 0 Å². The molecule has 0 spiro atoms. The number of aromatic amines is 1. The van der Waals surface area contributed by atoms with E-state index in [1.807, 2.05) is 18.3 Å². The Bertz CT molecular complexity index is 1090. The Balaban J connectivity index is 1.55. The number of piperazine rings is 1.